The summed E-state index contributed by atoms with van der Waals surface area (Å²) in [5.74, 6) is -1.08. The summed E-state index contributed by atoms with van der Waals surface area (Å²) >= 11 is 0. The minimum absolute atomic E-state index is 0.0429. The summed E-state index contributed by atoms with van der Waals surface area (Å²) in [7, 11) is 0. The van der Waals surface area contributed by atoms with E-state index in [-0.39, 0.29) is 11.3 Å². The molecule has 2 aromatic rings. The minimum Gasteiger partial charge on any atom is -0.478 e. The minimum atomic E-state index is -1.08. The largest absolute Gasteiger partial charge is 0.478 e. The maximum absolute atomic E-state index is 11.0. The molecule has 0 bridgehead atoms. The van der Waals surface area contributed by atoms with Crippen molar-refractivity contribution >= 4 is 11.7 Å². The maximum Gasteiger partial charge on any atom is 0.337 e. The van der Waals surface area contributed by atoms with Crippen LogP contribution in [0.2, 0.25) is 0 Å². The van der Waals surface area contributed by atoms with Gasteiger partial charge in [-0.15, -0.1) is 0 Å². The third-order valence-electron chi connectivity index (χ3n) is 2.46. The molecule has 0 aliphatic heterocycles. The molecule has 0 amide bonds. The van der Waals surface area contributed by atoms with E-state index in [4.69, 9.17) is 10.6 Å². The lowest BCUT2D eigenvalue weighted by atomic mass is 10.0. The first-order valence-electron chi connectivity index (χ1n) is 5.03. The van der Waals surface area contributed by atoms with Crippen molar-refractivity contribution in [2.24, 2.45) is 5.11 Å². The molecule has 2 rings (SSSR count). The van der Waals surface area contributed by atoms with Gasteiger partial charge in [-0.2, -0.15) is 5.11 Å². The molecule has 0 aliphatic carbocycles. The highest BCUT2D eigenvalue weighted by Crippen LogP contribution is 2.33. The van der Waals surface area contributed by atoms with Crippen molar-refractivity contribution in [3.63, 3.8) is 0 Å². The van der Waals surface area contributed by atoms with E-state index in [2.05, 4.69) is 5.11 Å². The average Bonchev–Trinajstić information content (AvgIpc) is 2.38. The zero-order valence-electron chi connectivity index (χ0n) is 8.92. The van der Waals surface area contributed by atoms with Crippen LogP contribution in [0, 0.1) is 5.53 Å². The molecule has 0 saturated carbocycles. The van der Waals surface area contributed by atoms with E-state index in [1.54, 1.807) is 12.1 Å². The number of nitrogens with zero attached hydrogens (tertiary/aromatic N) is 1. The van der Waals surface area contributed by atoms with E-state index < -0.39 is 5.97 Å². The highest BCUT2D eigenvalue weighted by molar-refractivity contribution is 5.97. The van der Waals surface area contributed by atoms with Gasteiger partial charge in [0.15, 0.2) is 0 Å². The van der Waals surface area contributed by atoms with Gasteiger partial charge in [0, 0.05) is 5.56 Å². The van der Waals surface area contributed by atoms with Crippen LogP contribution in [0.1, 0.15) is 10.4 Å². The zero-order chi connectivity index (χ0) is 12.3. The van der Waals surface area contributed by atoms with Gasteiger partial charge in [0.2, 0.25) is 0 Å². The van der Waals surface area contributed by atoms with Crippen molar-refractivity contribution in [2.45, 2.75) is 0 Å². The smallest absolute Gasteiger partial charge is 0.337 e. The number of carbonyl (C=O) groups is 1. The summed E-state index contributed by atoms with van der Waals surface area (Å²) in [5, 5.41) is 12.4. The van der Waals surface area contributed by atoms with Crippen molar-refractivity contribution in [1.82, 2.24) is 0 Å². The third-order valence-corrected chi connectivity index (χ3v) is 2.46. The lowest BCUT2D eigenvalue weighted by molar-refractivity contribution is 0.0697. The Balaban J connectivity index is 2.67. The summed E-state index contributed by atoms with van der Waals surface area (Å²) in [6.07, 6.45) is 0. The fraction of sp³-hybridized carbons (Fsp3) is 0. The van der Waals surface area contributed by atoms with Gasteiger partial charge in [0.25, 0.3) is 0 Å². The van der Waals surface area contributed by atoms with Crippen molar-refractivity contribution in [3.05, 3.63) is 54.1 Å². The Bertz CT molecular complexity index is 565. The summed E-state index contributed by atoms with van der Waals surface area (Å²) in [4.78, 5) is 11.0. The number of carboxylic acid groups (broad SMARTS) is 1. The summed E-state index contributed by atoms with van der Waals surface area (Å²) in [5.41, 5.74) is 8.86. The number of para-hydroxylation sites is 1. The van der Waals surface area contributed by atoms with Crippen molar-refractivity contribution in [2.75, 3.05) is 0 Å². The lowest BCUT2D eigenvalue weighted by Crippen LogP contribution is -1.97. The molecule has 0 unspecified atom stereocenters. The fourth-order valence-corrected chi connectivity index (χ4v) is 1.69. The Morgan fingerprint density at radius 2 is 1.76 bits per heavy atom. The molecule has 0 fully saturated rings. The molecule has 0 spiro atoms. The standard InChI is InChI=1S/C13H10N2O2/c14-15-12-10(9-5-2-1-3-6-9)7-4-8-11(12)13(16)17/h1-8,14H,(H,16,17). The predicted molar refractivity (Wildman–Crippen MR) is 63.6 cm³/mol. The second-order valence-electron chi connectivity index (χ2n) is 3.48. The molecule has 2 aromatic carbocycles. The quantitative estimate of drug-likeness (QED) is 0.783. The number of rotatable bonds is 3. The van der Waals surface area contributed by atoms with Crippen molar-refractivity contribution in [1.29, 1.82) is 5.53 Å². The number of benzene rings is 2. The molecule has 0 radical (unpaired) electrons. The van der Waals surface area contributed by atoms with E-state index in [1.165, 1.54) is 6.07 Å². The summed E-state index contributed by atoms with van der Waals surface area (Å²) < 4.78 is 0. The SMILES string of the molecule is N=Nc1c(C(=O)O)cccc1-c1ccccc1. The Morgan fingerprint density at radius 1 is 1.06 bits per heavy atom. The van der Waals surface area contributed by atoms with Gasteiger partial charge in [0.05, 0.1) is 5.56 Å². The second-order valence-corrected chi connectivity index (χ2v) is 3.48. The van der Waals surface area contributed by atoms with E-state index in [0.717, 1.165) is 5.56 Å². The first-order valence-corrected chi connectivity index (χ1v) is 5.03. The Labute approximate surface area is 98.0 Å². The summed E-state index contributed by atoms with van der Waals surface area (Å²) in [6, 6.07) is 14.2. The maximum atomic E-state index is 11.0. The van der Waals surface area contributed by atoms with Gasteiger partial charge in [-0.1, -0.05) is 42.5 Å². The number of hydrogen-bond acceptors (Lipinski definition) is 3. The number of nitrogens with one attached hydrogen (secondary N) is 1. The van der Waals surface area contributed by atoms with Crippen LogP contribution in [0.15, 0.2) is 53.6 Å². The van der Waals surface area contributed by atoms with Gasteiger partial charge < -0.3 is 5.11 Å². The van der Waals surface area contributed by atoms with Crippen LogP contribution in [0.3, 0.4) is 0 Å². The Morgan fingerprint density at radius 3 is 2.35 bits per heavy atom. The zero-order valence-corrected chi connectivity index (χ0v) is 8.92. The van der Waals surface area contributed by atoms with Crippen LogP contribution in [-0.2, 0) is 0 Å². The fourth-order valence-electron chi connectivity index (χ4n) is 1.69. The molecule has 4 heteroatoms. The molecule has 2 N–H and O–H groups in total. The molecular weight excluding hydrogens is 216 g/mol. The number of carboxylic acids is 1. The van der Waals surface area contributed by atoms with Crippen LogP contribution < -0.4 is 0 Å². The van der Waals surface area contributed by atoms with E-state index in [0.29, 0.717) is 5.56 Å². The normalized spacial score (nSPS) is 9.88. The van der Waals surface area contributed by atoms with Crippen LogP contribution in [0.4, 0.5) is 5.69 Å². The average molecular weight is 226 g/mol. The third kappa shape index (κ3) is 2.06. The van der Waals surface area contributed by atoms with Gasteiger partial charge in [-0.05, 0) is 11.6 Å². The Hall–Kier alpha value is -2.49. The van der Waals surface area contributed by atoms with Crippen LogP contribution in [0.25, 0.3) is 11.1 Å². The lowest BCUT2D eigenvalue weighted by Gasteiger charge is -2.07. The van der Waals surface area contributed by atoms with Crippen LogP contribution >= 0.6 is 0 Å². The molecule has 0 heterocycles. The van der Waals surface area contributed by atoms with Crippen LogP contribution in [0.5, 0.6) is 0 Å². The van der Waals surface area contributed by atoms with E-state index >= 15 is 0 Å². The molecule has 0 atom stereocenters. The first-order chi connectivity index (χ1) is 8.24. The molecule has 4 nitrogen and oxygen atoms in total. The molecule has 17 heavy (non-hydrogen) atoms. The molecule has 0 aliphatic rings. The molecule has 0 saturated heterocycles. The van der Waals surface area contributed by atoms with Gasteiger partial charge >= 0.3 is 5.97 Å². The predicted octanol–water partition coefficient (Wildman–Crippen LogP) is 3.71. The highest BCUT2D eigenvalue weighted by Gasteiger charge is 2.14. The summed E-state index contributed by atoms with van der Waals surface area (Å²) in [6.45, 7) is 0. The van der Waals surface area contributed by atoms with Gasteiger partial charge in [-0.25, -0.2) is 10.3 Å². The highest BCUT2D eigenvalue weighted by atomic mass is 16.4. The Kier molecular flexibility index (Phi) is 2.96. The van der Waals surface area contributed by atoms with E-state index in [1.807, 2.05) is 30.3 Å². The van der Waals surface area contributed by atoms with Gasteiger partial charge in [0.1, 0.15) is 5.69 Å². The van der Waals surface area contributed by atoms with Crippen molar-refractivity contribution in [3.8, 4) is 11.1 Å². The van der Waals surface area contributed by atoms with Crippen LogP contribution in [-0.4, -0.2) is 11.1 Å². The van der Waals surface area contributed by atoms with E-state index in [9.17, 15) is 4.79 Å². The topological polar surface area (TPSA) is 73.5 Å². The van der Waals surface area contributed by atoms with Gasteiger partial charge in [-0.3, -0.25) is 0 Å². The first kappa shape index (κ1) is 11.0. The molecule has 84 valence electrons. The monoisotopic (exact) mass is 226 g/mol. The number of hydrogen-bond donors (Lipinski definition) is 2. The second kappa shape index (κ2) is 4.57. The molecule has 0 aromatic heterocycles. The van der Waals surface area contributed by atoms with Crippen molar-refractivity contribution < 1.29 is 9.90 Å². The number of aromatic carboxylic acids is 1. The molecular formula is C13H10N2O2.